The quantitative estimate of drug-likeness (QED) is 0.720. The molecule has 0 spiro atoms. The van der Waals surface area contributed by atoms with Gasteiger partial charge in [0.05, 0.1) is 6.61 Å². The summed E-state index contributed by atoms with van der Waals surface area (Å²) in [6.45, 7) is 4.61. The van der Waals surface area contributed by atoms with Gasteiger partial charge in [0.2, 0.25) is 0 Å². The minimum absolute atomic E-state index is 0.0299. The number of hydrogen-bond donors (Lipinski definition) is 2. The van der Waals surface area contributed by atoms with Gasteiger partial charge in [0.25, 0.3) is 0 Å². The number of rotatable bonds is 9. The van der Waals surface area contributed by atoms with E-state index in [-0.39, 0.29) is 18.5 Å². The summed E-state index contributed by atoms with van der Waals surface area (Å²) in [5.74, 6) is -0.152. The number of halogens is 1. The molecule has 1 aromatic rings. The van der Waals surface area contributed by atoms with Crippen LogP contribution >= 0.6 is 0 Å². The molecule has 4 heteroatoms. The van der Waals surface area contributed by atoms with E-state index in [1.54, 1.807) is 6.07 Å². The molecule has 1 unspecified atom stereocenters. The second-order valence-corrected chi connectivity index (χ2v) is 4.84. The molecule has 0 bridgehead atoms. The molecule has 0 saturated carbocycles. The molecule has 1 atom stereocenters. The first-order valence-corrected chi connectivity index (χ1v) is 6.96. The van der Waals surface area contributed by atoms with Crippen molar-refractivity contribution < 1.29 is 9.50 Å². The fourth-order valence-electron chi connectivity index (χ4n) is 2.08. The average Bonchev–Trinajstić information content (AvgIpc) is 2.40. The van der Waals surface area contributed by atoms with Gasteiger partial charge < -0.3 is 15.3 Å². The third-order valence-corrected chi connectivity index (χ3v) is 3.20. The predicted molar refractivity (Wildman–Crippen MR) is 76.6 cm³/mol. The maximum Gasteiger partial charge on any atom is 0.127 e. The molecule has 0 aromatic heterocycles. The highest BCUT2D eigenvalue weighted by Crippen LogP contribution is 2.20. The number of aliphatic hydroxyl groups is 1. The Morgan fingerprint density at radius 2 is 2.05 bits per heavy atom. The van der Waals surface area contributed by atoms with Crippen molar-refractivity contribution in [2.24, 2.45) is 0 Å². The number of benzene rings is 1. The van der Waals surface area contributed by atoms with Crippen LogP contribution in [0, 0.1) is 5.82 Å². The summed E-state index contributed by atoms with van der Waals surface area (Å²) in [4.78, 5) is 2.06. The van der Waals surface area contributed by atoms with Crippen LogP contribution in [0.4, 0.5) is 4.39 Å². The van der Waals surface area contributed by atoms with Crippen molar-refractivity contribution in [2.45, 2.75) is 25.8 Å². The van der Waals surface area contributed by atoms with Gasteiger partial charge in [-0.25, -0.2) is 4.39 Å². The Kier molecular flexibility index (Phi) is 7.63. The summed E-state index contributed by atoms with van der Waals surface area (Å²) >= 11 is 0. The molecule has 0 saturated heterocycles. The molecule has 0 amide bonds. The Balaban J connectivity index is 2.64. The van der Waals surface area contributed by atoms with Crippen LogP contribution in [0.1, 0.15) is 31.4 Å². The van der Waals surface area contributed by atoms with Crippen LogP contribution in [-0.2, 0) is 0 Å². The summed E-state index contributed by atoms with van der Waals surface area (Å²) in [5.41, 5.74) is 0.730. The lowest BCUT2D eigenvalue weighted by Gasteiger charge is -2.23. The molecule has 0 aliphatic carbocycles. The van der Waals surface area contributed by atoms with Gasteiger partial charge in [-0.05, 0) is 39.0 Å². The van der Waals surface area contributed by atoms with E-state index in [0.717, 1.165) is 31.5 Å². The first-order chi connectivity index (χ1) is 9.19. The molecule has 0 aliphatic heterocycles. The zero-order chi connectivity index (χ0) is 14.1. The van der Waals surface area contributed by atoms with E-state index in [1.807, 2.05) is 19.2 Å². The molecule has 1 aromatic carbocycles. The van der Waals surface area contributed by atoms with Gasteiger partial charge in [0.1, 0.15) is 5.82 Å². The smallest absolute Gasteiger partial charge is 0.127 e. The second-order valence-electron chi connectivity index (χ2n) is 4.84. The Morgan fingerprint density at radius 1 is 1.32 bits per heavy atom. The first kappa shape index (κ1) is 16.1. The average molecular weight is 268 g/mol. The molecule has 0 heterocycles. The van der Waals surface area contributed by atoms with E-state index in [2.05, 4.69) is 17.1 Å². The zero-order valence-electron chi connectivity index (χ0n) is 11.9. The molecule has 0 fully saturated rings. The van der Waals surface area contributed by atoms with Crippen LogP contribution < -0.4 is 5.32 Å². The molecular formula is C15H25FN2O. The predicted octanol–water partition coefficient (Wildman–Crippen LogP) is 2.18. The molecular weight excluding hydrogens is 243 g/mol. The standard InChI is InChI=1S/C15H25FN2O/c1-3-9-17-15(8-10-18(2)11-12-19)13-6-4-5-7-14(13)16/h4-7,15,17,19H,3,8-12H2,1-2H3. The van der Waals surface area contributed by atoms with E-state index in [0.29, 0.717) is 6.54 Å². The van der Waals surface area contributed by atoms with Gasteiger partial charge in [-0.1, -0.05) is 25.1 Å². The monoisotopic (exact) mass is 268 g/mol. The number of hydrogen-bond acceptors (Lipinski definition) is 3. The number of likely N-dealkylation sites (N-methyl/N-ethyl adjacent to an activating group) is 1. The third kappa shape index (κ3) is 5.68. The molecule has 0 radical (unpaired) electrons. The normalized spacial score (nSPS) is 12.9. The molecule has 2 N–H and O–H groups in total. The molecule has 1 rings (SSSR count). The van der Waals surface area contributed by atoms with Crippen LogP contribution in [-0.4, -0.2) is 43.3 Å². The van der Waals surface area contributed by atoms with E-state index in [4.69, 9.17) is 5.11 Å². The highest BCUT2D eigenvalue weighted by Gasteiger charge is 2.15. The van der Waals surface area contributed by atoms with Crippen LogP contribution in [0.2, 0.25) is 0 Å². The van der Waals surface area contributed by atoms with Crippen LogP contribution in [0.3, 0.4) is 0 Å². The van der Waals surface area contributed by atoms with Gasteiger partial charge in [-0.15, -0.1) is 0 Å². The fourth-order valence-corrected chi connectivity index (χ4v) is 2.08. The van der Waals surface area contributed by atoms with Crippen molar-refractivity contribution in [2.75, 3.05) is 33.3 Å². The number of nitrogens with one attached hydrogen (secondary N) is 1. The van der Waals surface area contributed by atoms with E-state index in [1.165, 1.54) is 6.07 Å². The number of aliphatic hydroxyl groups excluding tert-OH is 1. The van der Waals surface area contributed by atoms with Crippen molar-refractivity contribution in [1.82, 2.24) is 10.2 Å². The van der Waals surface area contributed by atoms with E-state index < -0.39 is 0 Å². The topological polar surface area (TPSA) is 35.5 Å². The summed E-state index contributed by atoms with van der Waals surface area (Å²) in [5, 5.41) is 12.3. The van der Waals surface area contributed by atoms with Crippen molar-refractivity contribution in [3.8, 4) is 0 Å². The largest absolute Gasteiger partial charge is 0.395 e. The second kappa shape index (κ2) is 9.02. The summed E-state index contributed by atoms with van der Waals surface area (Å²) in [6.07, 6.45) is 1.86. The van der Waals surface area contributed by atoms with Gasteiger partial charge >= 0.3 is 0 Å². The fraction of sp³-hybridized carbons (Fsp3) is 0.600. The maximum absolute atomic E-state index is 13.8. The Morgan fingerprint density at radius 3 is 2.68 bits per heavy atom. The Hall–Kier alpha value is -0.970. The van der Waals surface area contributed by atoms with Crippen LogP contribution in [0.5, 0.6) is 0 Å². The van der Waals surface area contributed by atoms with Crippen LogP contribution in [0.15, 0.2) is 24.3 Å². The molecule has 108 valence electrons. The van der Waals surface area contributed by atoms with Crippen molar-refractivity contribution in [1.29, 1.82) is 0 Å². The lowest BCUT2D eigenvalue weighted by atomic mass is 10.0. The van der Waals surface area contributed by atoms with Gasteiger partial charge in [-0.2, -0.15) is 0 Å². The highest BCUT2D eigenvalue weighted by atomic mass is 19.1. The van der Waals surface area contributed by atoms with Crippen LogP contribution in [0.25, 0.3) is 0 Å². The highest BCUT2D eigenvalue weighted by molar-refractivity contribution is 5.21. The molecule has 0 aliphatic rings. The van der Waals surface area contributed by atoms with Gasteiger partial charge in [-0.3, -0.25) is 0 Å². The third-order valence-electron chi connectivity index (χ3n) is 3.20. The summed E-state index contributed by atoms with van der Waals surface area (Å²) in [6, 6.07) is 6.97. The van der Waals surface area contributed by atoms with E-state index >= 15 is 0 Å². The van der Waals surface area contributed by atoms with Gasteiger partial charge in [0.15, 0.2) is 0 Å². The lowest BCUT2D eigenvalue weighted by molar-refractivity contribution is 0.215. The Labute approximate surface area is 115 Å². The SMILES string of the molecule is CCCNC(CCN(C)CCO)c1ccccc1F. The zero-order valence-corrected chi connectivity index (χ0v) is 11.9. The Bertz CT molecular complexity index is 360. The summed E-state index contributed by atoms with van der Waals surface area (Å²) in [7, 11) is 1.97. The lowest BCUT2D eigenvalue weighted by Crippen LogP contribution is -2.29. The molecule has 19 heavy (non-hydrogen) atoms. The van der Waals surface area contributed by atoms with Crippen molar-refractivity contribution in [3.63, 3.8) is 0 Å². The van der Waals surface area contributed by atoms with Crippen molar-refractivity contribution >= 4 is 0 Å². The minimum Gasteiger partial charge on any atom is -0.395 e. The van der Waals surface area contributed by atoms with Gasteiger partial charge in [0, 0.05) is 18.2 Å². The summed E-state index contributed by atoms with van der Waals surface area (Å²) < 4.78 is 13.8. The van der Waals surface area contributed by atoms with Crippen molar-refractivity contribution in [3.05, 3.63) is 35.6 Å². The molecule has 3 nitrogen and oxygen atoms in total. The van der Waals surface area contributed by atoms with E-state index in [9.17, 15) is 4.39 Å². The first-order valence-electron chi connectivity index (χ1n) is 6.96. The minimum atomic E-state index is -0.152. The number of nitrogens with zero attached hydrogens (tertiary/aromatic N) is 1. The maximum atomic E-state index is 13.8.